The van der Waals surface area contributed by atoms with Crippen molar-refractivity contribution in [3.05, 3.63) is 88.3 Å². The van der Waals surface area contributed by atoms with Gasteiger partial charge in [0, 0.05) is 25.4 Å². The smallest absolute Gasteiger partial charge is 0.265 e. The summed E-state index contributed by atoms with van der Waals surface area (Å²) < 4.78 is 40.2. The maximum atomic E-state index is 13.0. The number of pyridine rings is 1. The van der Waals surface area contributed by atoms with E-state index in [0.29, 0.717) is 12.4 Å². The summed E-state index contributed by atoms with van der Waals surface area (Å²) >= 11 is 6.25. The Hall–Kier alpha value is -2.97. The lowest BCUT2D eigenvalue weighted by molar-refractivity contribution is 0.0981. The van der Waals surface area contributed by atoms with E-state index in [1.807, 2.05) is 11.6 Å². The highest BCUT2D eigenvalue weighted by atomic mass is 35.5. The molecule has 0 saturated heterocycles. The van der Waals surface area contributed by atoms with Gasteiger partial charge in [-0.3, -0.25) is 4.79 Å². The molecule has 0 spiro atoms. The molecule has 30 heavy (non-hydrogen) atoms. The highest BCUT2D eigenvalue weighted by molar-refractivity contribution is 7.90. The average molecular weight is 448 g/mol. The Bertz CT molecular complexity index is 1170. The molecule has 0 aliphatic carbocycles. The van der Waals surface area contributed by atoms with Gasteiger partial charge in [0.25, 0.3) is 15.9 Å². The van der Waals surface area contributed by atoms with E-state index in [1.165, 1.54) is 18.2 Å². The van der Waals surface area contributed by atoms with E-state index in [9.17, 15) is 17.6 Å². The second-order valence-corrected chi connectivity index (χ2v) is 8.85. The summed E-state index contributed by atoms with van der Waals surface area (Å²) in [7, 11) is -2.43. The van der Waals surface area contributed by atoms with Crippen molar-refractivity contribution < 1.29 is 17.6 Å². The molecule has 0 saturated carbocycles. The van der Waals surface area contributed by atoms with Gasteiger partial charge < -0.3 is 4.90 Å². The van der Waals surface area contributed by atoms with Crippen LogP contribution in [0.4, 0.5) is 10.2 Å². The van der Waals surface area contributed by atoms with Gasteiger partial charge in [-0.1, -0.05) is 41.4 Å². The van der Waals surface area contributed by atoms with Crippen LogP contribution in [0, 0.1) is 12.7 Å². The summed E-state index contributed by atoms with van der Waals surface area (Å²) in [5.41, 5.74) is 2.00. The Kier molecular flexibility index (Phi) is 6.38. The molecule has 1 amide bonds. The molecule has 6 nitrogen and oxygen atoms in total. The largest absolute Gasteiger partial charge is 0.354 e. The fraction of sp³-hybridized carbons (Fsp3) is 0.143. The van der Waals surface area contributed by atoms with Gasteiger partial charge in [-0.25, -0.2) is 22.5 Å². The van der Waals surface area contributed by atoms with Crippen molar-refractivity contribution in [2.75, 3.05) is 11.9 Å². The van der Waals surface area contributed by atoms with Crippen molar-refractivity contribution in [3.8, 4) is 0 Å². The Balaban J connectivity index is 1.76. The van der Waals surface area contributed by atoms with E-state index in [1.54, 1.807) is 48.3 Å². The molecule has 0 aliphatic heterocycles. The maximum Gasteiger partial charge on any atom is 0.265 e. The third-order valence-corrected chi connectivity index (χ3v) is 5.92. The van der Waals surface area contributed by atoms with E-state index < -0.39 is 15.9 Å². The third kappa shape index (κ3) is 5.14. The van der Waals surface area contributed by atoms with Gasteiger partial charge in [0.05, 0.1) is 5.02 Å². The van der Waals surface area contributed by atoms with Gasteiger partial charge in [0.2, 0.25) is 0 Å². The van der Waals surface area contributed by atoms with Crippen LogP contribution in [0.1, 0.15) is 21.5 Å². The molecule has 1 aromatic heterocycles. The molecule has 9 heteroatoms. The summed E-state index contributed by atoms with van der Waals surface area (Å²) in [5, 5.41) is 0.102. The highest BCUT2D eigenvalue weighted by Gasteiger charge is 2.21. The molecule has 1 N–H and O–H groups in total. The van der Waals surface area contributed by atoms with E-state index >= 15 is 0 Å². The molecule has 0 aliphatic rings. The van der Waals surface area contributed by atoms with Crippen molar-refractivity contribution >= 4 is 33.3 Å². The molecule has 1 heterocycles. The van der Waals surface area contributed by atoms with Crippen LogP contribution in [0.3, 0.4) is 0 Å². The lowest BCUT2D eigenvalue weighted by atomic mass is 10.1. The Morgan fingerprint density at radius 3 is 2.37 bits per heavy atom. The summed E-state index contributed by atoms with van der Waals surface area (Å²) in [6, 6.07) is 13.7. The predicted molar refractivity (Wildman–Crippen MR) is 114 cm³/mol. The summed E-state index contributed by atoms with van der Waals surface area (Å²) in [6.07, 6.45) is 1.13. The van der Waals surface area contributed by atoms with E-state index in [0.717, 1.165) is 17.3 Å². The van der Waals surface area contributed by atoms with Gasteiger partial charge in [-0.15, -0.1) is 0 Å². The summed E-state index contributed by atoms with van der Waals surface area (Å²) in [5.74, 6) is -0.728. The molecule has 2 aromatic carbocycles. The van der Waals surface area contributed by atoms with Crippen molar-refractivity contribution in [2.24, 2.45) is 0 Å². The molecular formula is C21H19ClFN3O3S. The first kappa shape index (κ1) is 21.7. The van der Waals surface area contributed by atoms with Crippen LogP contribution < -0.4 is 9.62 Å². The molecule has 0 radical (unpaired) electrons. The van der Waals surface area contributed by atoms with Crippen LogP contribution in [-0.2, 0) is 16.6 Å². The topological polar surface area (TPSA) is 79.4 Å². The Labute approximate surface area is 179 Å². The van der Waals surface area contributed by atoms with E-state index in [-0.39, 0.29) is 21.3 Å². The zero-order chi connectivity index (χ0) is 21.9. The number of rotatable bonds is 6. The normalized spacial score (nSPS) is 11.2. The number of nitrogens with one attached hydrogen (secondary N) is 1. The highest BCUT2D eigenvalue weighted by Crippen LogP contribution is 2.26. The van der Waals surface area contributed by atoms with Gasteiger partial charge in [0.15, 0.2) is 0 Å². The van der Waals surface area contributed by atoms with Gasteiger partial charge in [-0.2, -0.15) is 0 Å². The fourth-order valence-corrected chi connectivity index (χ4v) is 4.04. The number of hydrogen-bond acceptors (Lipinski definition) is 5. The quantitative estimate of drug-likeness (QED) is 0.619. The first-order chi connectivity index (χ1) is 14.2. The molecular weight excluding hydrogens is 429 g/mol. The minimum Gasteiger partial charge on any atom is -0.354 e. The monoisotopic (exact) mass is 447 g/mol. The molecule has 0 fully saturated rings. The van der Waals surface area contributed by atoms with Crippen LogP contribution >= 0.6 is 11.6 Å². The number of amides is 1. The van der Waals surface area contributed by atoms with E-state index in [2.05, 4.69) is 4.98 Å². The number of carbonyl (C=O) groups excluding carboxylic acids is 1. The van der Waals surface area contributed by atoms with Crippen LogP contribution in [0.2, 0.25) is 5.02 Å². The zero-order valence-electron chi connectivity index (χ0n) is 16.3. The molecule has 3 rings (SSSR count). The van der Waals surface area contributed by atoms with Gasteiger partial charge in [0.1, 0.15) is 16.5 Å². The second-order valence-electron chi connectivity index (χ2n) is 6.76. The van der Waals surface area contributed by atoms with Crippen molar-refractivity contribution in [2.45, 2.75) is 18.4 Å². The standard InChI is InChI=1S/C21H19ClFN3O3S/c1-14-3-7-16(8-4-14)21(27)25-30(28,29)18-11-19(22)20(24-12-18)26(2)13-15-5-9-17(23)10-6-15/h3-12H,13H2,1-2H3,(H,25,27). The molecule has 3 aromatic rings. The van der Waals surface area contributed by atoms with Crippen LogP contribution in [0.25, 0.3) is 0 Å². The number of anilines is 1. The summed E-state index contributed by atoms with van der Waals surface area (Å²) in [4.78, 5) is 17.9. The Morgan fingerprint density at radius 2 is 1.77 bits per heavy atom. The number of benzene rings is 2. The van der Waals surface area contributed by atoms with Crippen molar-refractivity contribution in [1.82, 2.24) is 9.71 Å². The fourth-order valence-electron chi connectivity index (χ4n) is 2.72. The first-order valence-electron chi connectivity index (χ1n) is 8.90. The number of sulfonamides is 1. The zero-order valence-corrected chi connectivity index (χ0v) is 17.8. The van der Waals surface area contributed by atoms with Crippen molar-refractivity contribution in [3.63, 3.8) is 0 Å². The third-order valence-electron chi connectivity index (χ3n) is 4.34. The molecule has 0 bridgehead atoms. The second kappa shape index (κ2) is 8.81. The van der Waals surface area contributed by atoms with Crippen molar-refractivity contribution in [1.29, 1.82) is 0 Å². The number of carbonyl (C=O) groups is 1. The van der Waals surface area contributed by atoms with Crippen LogP contribution in [0.5, 0.6) is 0 Å². The lowest BCUT2D eigenvalue weighted by Crippen LogP contribution is -2.30. The number of aromatic nitrogens is 1. The maximum absolute atomic E-state index is 13.0. The Morgan fingerprint density at radius 1 is 1.13 bits per heavy atom. The predicted octanol–water partition coefficient (Wildman–Crippen LogP) is 3.94. The number of aryl methyl sites for hydroxylation is 1. The molecule has 0 unspecified atom stereocenters. The lowest BCUT2D eigenvalue weighted by Gasteiger charge is -2.20. The average Bonchev–Trinajstić information content (AvgIpc) is 2.69. The van der Waals surface area contributed by atoms with Crippen LogP contribution in [-0.4, -0.2) is 26.4 Å². The first-order valence-corrected chi connectivity index (χ1v) is 10.8. The number of halogens is 2. The SMILES string of the molecule is Cc1ccc(C(=O)NS(=O)(=O)c2cnc(N(C)Cc3ccc(F)cc3)c(Cl)c2)cc1. The summed E-state index contributed by atoms with van der Waals surface area (Å²) in [6.45, 7) is 2.25. The van der Waals surface area contributed by atoms with Gasteiger partial charge in [-0.05, 0) is 42.8 Å². The van der Waals surface area contributed by atoms with E-state index in [4.69, 9.17) is 11.6 Å². The number of hydrogen-bond donors (Lipinski definition) is 1. The minimum atomic E-state index is -4.15. The minimum absolute atomic E-state index is 0.102. The van der Waals surface area contributed by atoms with Gasteiger partial charge >= 0.3 is 0 Å². The molecule has 156 valence electrons. The number of nitrogens with zero attached hydrogens (tertiary/aromatic N) is 2. The van der Waals surface area contributed by atoms with Crippen LogP contribution in [0.15, 0.2) is 65.7 Å². The molecule has 0 atom stereocenters.